The number of rotatable bonds is 5. The summed E-state index contributed by atoms with van der Waals surface area (Å²) in [4.78, 5) is 32.3. The molecule has 25 heavy (non-hydrogen) atoms. The van der Waals surface area contributed by atoms with E-state index < -0.39 is 29.3 Å². The monoisotopic (exact) mass is 345 g/mol. The minimum atomic E-state index is -0.919. The van der Waals surface area contributed by atoms with Gasteiger partial charge in [-0.05, 0) is 44.5 Å². The van der Waals surface area contributed by atoms with E-state index >= 15 is 0 Å². The molecule has 0 aliphatic rings. The van der Waals surface area contributed by atoms with Crippen LogP contribution in [0.3, 0.4) is 0 Å². The highest BCUT2D eigenvalue weighted by Gasteiger charge is 2.27. The molecule has 0 bridgehead atoms. The molecular formula is C18H20FN3O3. The van der Waals surface area contributed by atoms with Gasteiger partial charge in [0.2, 0.25) is 0 Å². The lowest BCUT2D eigenvalue weighted by molar-refractivity contribution is -0.157. The maximum atomic E-state index is 13.3. The molecule has 0 saturated heterocycles. The largest absolute Gasteiger partial charge is 0.458 e. The van der Waals surface area contributed by atoms with Crippen molar-refractivity contribution in [1.82, 2.24) is 15.3 Å². The van der Waals surface area contributed by atoms with Gasteiger partial charge in [0.15, 0.2) is 0 Å². The molecule has 2 heterocycles. The average Bonchev–Trinajstić information content (AvgIpc) is 2.53. The fraction of sp³-hybridized carbons (Fsp3) is 0.333. The second-order valence-electron chi connectivity index (χ2n) is 6.51. The minimum absolute atomic E-state index is 0.0308. The Kier molecular flexibility index (Phi) is 5.80. The third-order valence-electron chi connectivity index (χ3n) is 3.15. The van der Waals surface area contributed by atoms with Crippen LogP contribution in [0.25, 0.3) is 0 Å². The number of ether oxygens (including phenoxy) is 1. The van der Waals surface area contributed by atoms with Gasteiger partial charge in [-0.3, -0.25) is 14.8 Å². The van der Waals surface area contributed by atoms with Crippen LogP contribution in [0.1, 0.15) is 36.7 Å². The highest BCUT2D eigenvalue weighted by Crippen LogP contribution is 2.12. The topological polar surface area (TPSA) is 81.2 Å². The van der Waals surface area contributed by atoms with Crippen LogP contribution < -0.4 is 5.32 Å². The van der Waals surface area contributed by atoms with Gasteiger partial charge in [-0.2, -0.15) is 0 Å². The van der Waals surface area contributed by atoms with E-state index in [9.17, 15) is 14.0 Å². The molecule has 1 atom stereocenters. The number of nitrogens with zero attached hydrogens (tertiary/aromatic N) is 2. The first-order valence-electron chi connectivity index (χ1n) is 7.78. The predicted molar refractivity (Wildman–Crippen MR) is 89.2 cm³/mol. The summed E-state index contributed by atoms with van der Waals surface area (Å²) >= 11 is 0. The van der Waals surface area contributed by atoms with Crippen molar-refractivity contribution in [2.45, 2.75) is 38.8 Å². The smallest absolute Gasteiger partial charge is 0.329 e. The molecule has 7 heteroatoms. The Hall–Kier alpha value is -2.83. The van der Waals surface area contributed by atoms with Gasteiger partial charge >= 0.3 is 5.97 Å². The van der Waals surface area contributed by atoms with Crippen molar-refractivity contribution in [3.05, 3.63) is 59.9 Å². The van der Waals surface area contributed by atoms with Crippen molar-refractivity contribution in [2.24, 2.45) is 0 Å². The summed E-state index contributed by atoms with van der Waals surface area (Å²) in [7, 11) is 0. The molecule has 2 aromatic heterocycles. The standard InChI is InChI=1S/C18H20FN3O3/c1-18(2,3)25-17(24)15(8-12-4-6-20-7-5-12)22-16(23)13-9-14(19)11-21-10-13/h4-7,9-11,15H,8H2,1-3H3,(H,22,23). The van der Waals surface area contributed by atoms with Gasteiger partial charge in [-0.1, -0.05) is 0 Å². The molecule has 0 aromatic carbocycles. The second-order valence-corrected chi connectivity index (χ2v) is 6.51. The number of carbonyl (C=O) groups is 2. The Morgan fingerprint density at radius 2 is 1.88 bits per heavy atom. The van der Waals surface area contributed by atoms with E-state index in [2.05, 4.69) is 15.3 Å². The minimum Gasteiger partial charge on any atom is -0.458 e. The highest BCUT2D eigenvalue weighted by atomic mass is 19.1. The Morgan fingerprint density at radius 1 is 1.20 bits per heavy atom. The lowest BCUT2D eigenvalue weighted by atomic mass is 10.1. The molecule has 132 valence electrons. The van der Waals surface area contributed by atoms with E-state index in [4.69, 9.17) is 4.74 Å². The van der Waals surface area contributed by atoms with Crippen molar-refractivity contribution in [2.75, 3.05) is 0 Å². The fourth-order valence-electron chi connectivity index (χ4n) is 2.10. The first kappa shape index (κ1) is 18.5. The molecule has 0 aliphatic heterocycles. The van der Waals surface area contributed by atoms with E-state index in [-0.39, 0.29) is 12.0 Å². The van der Waals surface area contributed by atoms with Crippen LogP contribution in [-0.4, -0.2) is 33.5 Å². The molecule has 0 radical (unpaired) electrons. The molecule has 0 fully saturated rings. The molecular weight excluding hydrogens is 325 g/mol. The summed E-state index contributed by atoms with van der Waals surface area (Å²) < 4.78 is 18.6. The van der Waals surface area contributed by atoms with Gasteiger partial charge < -0.3 is 10.1 Å². The summed E-state index contributed by atoms with van der Waals surface area (Å²) in [5, 5.41) is 2.59. The molecule has 0 saturated carbocycles. The number of halogens is 1. The Bertz CT molecular complexity index is 745. The quantitative estimate of drug-likeness (QED) is 0.841. The molecule has 1 amide bonds. The van der Waals surface area contributed by atoms with Gasteiger partial charge in [-0.25, -0.2) is 9.18 Å². The number of hydrogen-bond acceptors (Lipinski definition) is 5. The number of carbonyl (C=O) groups excluding carboxylic acids is 2. The zero-order valence-corrected chi connectivity index (χ0v) is 14.3. The van der Waals surface area contributed by atoms with E-state index in [1.807, 2.05) is 0 Å². The summed E-state index contributed by atoms with van der Waals surface area (Å²) in [6, 6.07) is 3.62. The van der Waals surface area contributed by atoms with E-state index in [1.54, 1.807) is 45.3 Å². The molecule has 2 rings (SSSR count). The van der Waals surface area contributed by atoms with Gasteiger partial charge in [0, 0.05) is 25.0 Å². The Morgan fingerprint density at radius 3 is 2.48 bits per heavy atom. The van der Waals surface area contributed by atoms with Crippen LogP contribution in [0.2, 0.25) is 0 Å². The van der Waals surface area contributed by atoms with E-state index in [1.165, 1.54) is 6.20 Å². The van der Waals surface area contributed by atoms with Crippen LogP contribution in [0, 0.1) is 5.82 Å². The summed E-state index contributed by atoms with van der Waals surface area (Å²) in [5.74, 6) is -1.80. The van der Waals surface area contributed by atoms with Crippen molar-refractivity contribution >= 4 is 11.9 Å². The van der Waals surface area contributed by atoms with Crippen LogP contribution in [0.15, 0.2) is 43.0 Å². The normalized spacial score (nSPS) is 12.3. The number of hydrogen-bond donors (Lipinski definition) is 1. The lowest BCUT2D eigenvalue weighted by Gasteiger charge is -2.24. The maximum absolute atomic E-state index is 13.3. The van der Waals surface area contributed by atoms with Crippen molar-refractivity contribution < 1.29 is 18.7 Å². The van der Waals surface area contributed by atoms with Gasteiger partial charge in [-0.15, -0.1) is 0 Å². The number of esters is 1. The van der Waals surface area contributed by atoms with Gasteiger partial charge in [0.25, 0.3) is 5.91 Å². The van der Waals surface area contributed by atoms with E-state index in [0.717, 1.165) is 17.8 Å². The first-order valence-corrected chi connectivity index (χ1v) is 7.78. The third-order valence-corrected chi connectivity index (χ3v) is 3.15. The SMILES string of the molecule is CC(C)(C)OC(=O)C(Cc1ccncc1)NC(=O)c1cncc(F)c1. The zero-order valence-electron chi connectivity index (χ0n) is 14.3. The number of pyridine rings is 2. The third kappa shape index (κ3) is 5.95. The second kappa shape index (κ2) is 7.83. The molecule has 2 aromatic rings. The van der Waals surface area contributed by atoms with Crippen molar-refractivity contribution in [3.63, 3.8) is 0 Å². The summed E-state index contributed by atoms with van der Waals surface area (Å²) in [6.07, 6.45) is 5.65. The molecule has 0 aliphatic carbocycles. The number of aromatic nitrogens is 2. The molecule has 1 unspecified atom stereocenters. The van der Waals surface area contributed by atoms with Crippen molar-refractivity contribution in [1.29, 1.82) is 0 Å². The van der Waals surface area contributed by atoms with Crippen LogP contribution >= 0.6 is 0 Å². The van der Waals surface area contributed by atoms with Crippen LogP contribution in [0.5, 0.6) is 0 Å². The van der Waals surface area contributed by atoms with E-state index in [0.29, 0.717) is 0 Å². The predicted octanol–water partition coefficient (Wildman–Crippen LogP) is 2.30. The Balaban J connectivity index is 2.18. The molecule has 1 N–H and O–H groups in total. The summed E-state index contributed by atoms with van der Waals surface area (Å²) in [5.41, 5.74) is 0.144. The molecule has 6 nitrogen and oxygen atoms in total. The number of nitrogens with one attached hydrogen (secondary N) is 1. The lowest BCUT2D eigenvalue weighted by Crippen LogP contribution is -2.45. The van der Waals surface area contributed by atoms with Crippen LogP contribution in [0.4, 0.5) is 4.39 Å². The van der Waals surface area contributed by atoms with Crippen molar-refractivity contribution in [3.8, 4) is 0 Å². The maximum Gasteiger partial charge on any atom is 0.329 e. The number of amides is 1. The molecule has 0 spiro atoms. The summed E-state index contributed by atoms with van der Waals surface area (Å²) in [6.45, 7) is 5.23. The Labute approximate surface area is 145 Å². The van der Waals surface area contributed by atoms with Crippen LogP contribution in [-0.2, 0) is 16.0 Å². The van der Waals surface area contributed by atoms with Gasteiger partial charge in [0.05, 0.1) is 11.8 Å². The average molecular weight is 345 g/mol. The zero-order chi connectivity index (χ0) is 18.4. The fourth-order valence-corrected chi connectivity index (χ4v) is 2.10. The first-order chi connectivity index (χ1) is 11.7. The van der Waals surface area contributed by atoms with Gasteiger partial charge in [0.1, 0.15) is 17.5 Å². The highest BCUT2D eigenvalue weighted by molar-refractivity contribution is 5.96.